The van der Waals surface area contributed by atoms with E-state index in [4.69, 9.17) is 24.5 Å². The van der Waals surface area contributed by atoms with E-state index in [-0.39, 0.29) is 0 Å². The number of nitrogens with zero attached hydrogens (tertiary/aromatic N) is 4. The minimum atomic E-state index is 0.357. The quantitative estimate of drug-likeness (QED) is 0.482. The van der Waals surface area contributed by atoms with Gasteiger partial charge in [0.05, 0.1) is 33.8 Å². The smallest absolute Gasteiger partial charge is 0.229 e. The third kappa shape index (κ3) is 3.94. The van der Waals surface area contributed by atoms with Gasteiger partial charge in [-0.15, -0.1) is 0 Å². The molecule has 4 rings (SSSR count). The first-order valence-corrected chi connectivity index (χ1v) is 9.54. The summed E-state index contributed by atoms with van der Waals surface area (Å²) in [6, 6.07) is 15.6. The Morgan fingerprint density at radius 1 is 1.03 bits per heavy atom. The molecule has 0 amide bonds. The molecule has 0 aliphatic heterocycles. The number of ether oxygens (including phenoxy) is 3. The maximum Gasteiger partial charge on any atom is 0.229 e. The number of methoxy groups -OCH3 is 3. The molecule has 1 N–H and O–H groups in total. The summed E-state index contributed by atoms with van der Waals surface area (Å²) in [6.45, 7) is 0. The predicted octanol–water partition coefficient (Wildman–Crippen LogP) is 4.26. The molecule has 0 bridgehead atoms. The molecule has 0 saturated carbocycles. The van der Waals surface area contributed by atoms with E-state index in [0.29, 0.717) is 35.3 Å². The summed E-state index contributed by atoms with van der Waals surface area (Å²) in [6.07, 6.45) is 4.06. The number of benzene rings is 2. The summed E-state index contributed by atoms with van der Waals surface area (Å²) in [5.74, 6) is 2.00. The second-order valence-electron chi connectivity index (χ2n) is 6.70. The zero-order valence-corrected chi connectivity index (χ0v) is 17.4. The van der Waals surface area contributed by atoms with E-state index in [9.17, 15) is 0 Å². The lowest BCUT2D eigenvalue weighted by Crippen LogP contribution is -2.02. The standard InChI is InChI=1S/C23H21N5O3/c1-29-19-12-17(13-20(30-2)21(19)31-3)26-23-25-14-16-8-10-28(22(16)27-23)18-6-4-5-15(11-18)7-9-24/h4-6,8,10-14H,7H2,1-3H3,(H,25,26,27). The molecular weight excluding hydrogens is 394 g/mol. The normalized spacial score (nSPS) is 10.5. The molecule has 0 aliphatic carbocycles. The van der Waals surface area contributed by atoms with Gasteiger partial charge in [-0.2, -0.15) is 10.2 Å². The van der Waals surface area contributed by atoms with Gasteiger partial charge in [-0.1, -0.05) is 12.1 Å². The van der Waals surface area contributed by atoms with Crippen molar-refractivity contribution >= 4 is 22.7 Å². The number of anilines is 2. The van der Waals surface area contributed by atoms with E-state index in [1.54, 1.807) is 39.7 Å². The van der Waals surface area contributed by atoms with Crippen molar-refractivity contribution in [2.75, 3.05) is 26.6 Å². The third-order valence-corrected chi connectivity index (χ3v) is 4.82. The van der Waals surface area contributed by atoms with Crippen LogP contribution in [0.2, 0.25) is 0 Å². The highest BCUT2D eigenvalue weighted by molar-refractivity contribution is 5.79. The highest BCUT2D eigenvalue weighted by Crippen LogP contribution is 2.40. The number of aromatic nitrogens is 3. The molecule has 0 aliphatic rings. The zero-order chi connectivity index (χ0) is 21.8. The largest absolute Gasteiger partial charge is 0.493 e. The molecule has 8 heteroatoms. The fraction of sp³-hybridized carbons (Fsp3) is 0.174. The lowest BCUT2D eigenvalue weighted by atomic mass is 10.1. The van der Waals surface area contributed by atoms with E-state index >= 15 is 0 Å². The Balaban J connectivity index is 1.72. The van der Waals surface area contributed by atoms with Crippen LogP contribution in [0.5, 0.6) is 17.2 Å². The molecule has 0 saturated heterocycles. The monoisotopic (exact) mass is 415 g/mol. The second-order valence-corrected chi connectivity index (χ2v) is 6.70. The van der Waals surface area contributed by atoms with Gasteiger partial charge in [0.2, 0.25) is 11.7 Å². The predicted molar refractivity (Wildman–Crippen MR) is 118 cm³/mol. The maximum absolute atomic E-state index is 8.99. The summed E-state index contributed by atoms with van der Waals surface area (Å²) in [5.41, 5.74) is 3.33. The fourth-order valence-corrected chi connectivity index (χ4v) is 3.38. The first-order valence-electron chi connectivity index (χ1n) is 9.54. The summed E-state index contributed by atoms with van der Waals surface area (Å²) in [7, 11) is 4.69. The molecular formula is C23H21N5O3. The summed E-state index contributed by atoms with van der Waals surface area (Å²) in [5, 5.41) is 13.1. The van der Waals surface area contributed by atoms with Crippen LogP contribution in [0.4, 0.5) is 11.6 Å². The van der Waals surface area contributed by atoms with Gasteiger partial charge in [-0.05, 0) is 23.8 Å². The van der Waals surface area contributed by atoms with Gasteiger partial charge >= 0.3 is 0 Å². The van der Waals surface area contributed by atoms with E-state index in [2.05, 4.69) is 16.4 Å². The number of hydrogen-bond acceptors (Lipinski definition) is 7. The van der Waals surface area contributed by atoms with Crippen molar-refractivity contribution in [3.8, 4) is 29.0 Å². The van der Waals surface area contributed by atoms with Crippen molar-refractivity contribution in [1.82, 2.24) is 14.5 Å². The molecule has 0 atom stereocenters. The molecule has 2 aromatic heterocycles. The van der Waals surface area contributed by atoms with Crippen LogP contribution in [0.25, 0.3) is 16.7 Å². The average Bonchev–Trinajstić information content (AvgIpc) is 3.22. The van der Waals surface area contributed by atoms with E-state index in [1.807, 2.05) is 41.1 Å². The lowest BCUT2D eigenvalue weighted by Gasteiger charge is -2.14. The van der Waals surface area contributed by atoms with Gasteiger partial charge in [-0.3, -0.25) is 0 Å². The van der Waals surface area contributed by atoms with Crippen LogP contribution in [-0.2, 0) is 6.42 Å². The maximum atomic E-state index is 8.99. The van der Waals surface area contributed by atoms with E-state index in [1.165, 1.54) is 0 Å². The van der Waals surface area contributed by atoms with Crippen LogP contribution < -0.4 is 19.5 Å². The van der Waals surface area contributed by atoms with Gasteiger partial charge < -0.3 is 24.1 Å². The Hall–Kier alpha value is -4.25. The van der Waals surface area contributed by atoms with E-state index < -0.39 is 0 Å². The molecule has 2 heterocycles. The van der Waals surface area contributed by atoms with Crippen molar-refractivity contribution < 1.29 is 14.2 Å². The highest BCUT2D eigenvalue weighted by atomic mass is 16.5. The third-order valence-electron chi connectivity index (χ3n) is 4.82. The molecule has 2 aromatic carbocycles. The topological polar surface area (TPSA) is 94.2 Å². The minimum absolute atomic E-state index is 0.357. The molecule has 8 nitrogen and oxygen atoms in total. The number of hydrogen-bond donors (Lipinski definition) is 1. The SMILES string of the molecule is COc1cc(Nc2ncc3ccn(-c4cccc(CC#N)c4)c3n2)cc(OC)c1OC. The average molecular weight is 415 g/mol. The Kier molecular flexibility index (Phi) is 5.58. The molecule has 156 valence electrons. The molecule has 0 spiro atoms. The second kappa shape index (κ2) is 8.63. The molecule has 0 unspecified atom stereocenters. The fourth-order valence-electron chi connectivity index (χ4n) is 3.38. The lowest BCUT2D eigenvalue weighted by molar-refractivity contribution is 0.324. The Labute approximate surface area is 179 Å². The van der Waals surface area contributed by atoms with Crippen LogP contribution >= 0.6 is 0 Å². The zero-order valence-electron chi connectivity index (χ0n) is 17.4. The first kappa shape index (κ1) is 20.0. The number of nitriles is 1. The van der Waals surface area contributed by atoms with Crippen LogP contribution in [0.15, 0.2) is 54.9 Å². The van der Waals surface area contributed by atoms with Crippen LogP contribution in [-0.4, -0.2) is 35.9 Å². The number of rotatable bonds is 7. The molecule has 0 radical (unpaired) electrons. The Morgan fingerprint density at radius 2 is 1.81 bits per heavy atom. The van der Waals surface area contributed by atoms with Crippen LogP contribution in [0, 0.1) is 11.3 Å². The van der Waals surface area contributed by atoms with Crippen LogP contribution in [0.3, 0.4) is 0 Å². The Morgan fingerprint density at radius 3 is 2.48 bits per heavy atom. The molecule has 31 heavy (non-hydrogen) atoms. The van der Waals surface area contributed by atoms with Gasteiger partial charge in [0.25, 0.3) is 0 Å². The van der Waals surface area contributed by atoms with Crippen molar-refractivity contribution in [1.29, 1.82) is 5.26 Å². The summed E-state index contributed by atoms with van der Waals surface area (Å²) < 4.78 is 18.2. The minimum Gasteiger partial charge on any atom is -0.493 e. The van der Waals surface area contributed by atoms with Gasteiger partial charge in [0.1, 0.15) is 5.65 Å². The van der Waals surface area contributed by atoms with Crippen LogP contribution in [0.1, 0.15) is 5.56 Å². The molecule has 0 fully saturated rings. The van der Waals surface area contributed by atoms with Crippen molar-refractivity contribution in [3.05, 3.63) is 60.4 Å². The molecule has 4 aromatic rings. The first-order chi connectivity index (χ1) is 15.2. The number of nitrogens with one attached hydrogen (secondary N) is 1. The highest BCUT2D eigenvalue weighted by Gasteiger charge is 2.14. The van der Waals surface area contributed by atoms with Gasteiger partial charge in [0.15, 0.2) is 11.5 Å². The van der Waals surface area contributed by atoms with Crippen molar-refractivity contribution in [2.24, 2.45) is 0 Å². The van der Waals surface area contributed by atoms with Gasteiger partial charge in [-0.25, -0.2) is 4.98 Å². The summed E-state index contributed by atoms with van der Waals surface area (Å²) in [4.78, 5) is 9.12. The van der Waals surface area contributed by atoms with E-state index in [0.717, 1.165) is 22.3 Å². The number of fused-ring (bicyclic) bond motifs is 1. The van der Waals surface area contributed by atoms with Gasteiger partial charge in [0, 0.05) is 41.3 Å². The Bertz CT molecular complexity index is 1250. The van der Waals surface area contributed by atoms with Crippen molar-refractivity contribution in [2.45, 2.75) is 6.42 Å². The summed E-state index contributed by atoms with van der Waals surface area (Å²) >= 11 is 0. The van der Waals surface area contributed by atoms with Crippen molar-refractivity contribution in [3.63, 3.8) is 0 Å².